The van der Waals surface area contributed by atoms with Crippen molar-refractivity contribution < 1.29 is 4.39 Å². The lowest BCUT2D eigenvalue weighted by molar-refractivity contribution is 0.394. The van der Waals surface area contributed by atoms with Gasteiger partial charge in [0.2, 0.25) is 0 Å². The summed E-state index contributed by atoms with van der Waals surface area (Å²) in [5.74, 6) is 1.52. The Hall–Kier alpha value is -0.540. The number of nitrogens with two attached hydrogens (primary N) is 1. The minimum Gasteiger partial charge on any atom is -0.326 e. The summed E-state index contributed by atoms with van der Waals surface area (Å²) < 4.78 is 13.8. The van der Waals surface area contributed by atoms with E-state index in [1.807, 2.05) is 23.9 Å². The average Bonchev–Trinajstić information content (AvgIpc) is 2.37. The molecule has 0 amide bonds. The van der Waals surface area contributed by atoms with E-state index in [1.165, 1.54) is 25.7 Å². The van der Waals surface area contributed by atoms with E-state index in [2.05, 4.69) is 6.92 Å². The van der Waals surface area contributed by atoms with Gasteiger partial charge in [0, 0.05) is 17.5 Å². The first kappa shape index (κ1) is 13.9. The average molecular weight is 267 g/mol. The van der Waals surface area contributed by atoms with Gasteiger partial charge < -0.3 is 5.73 Å². The van der Waals surface area contributed by atoms with Crippen LogP contribution in [0.2, 0.25) is 0 Å². The summed E-state index contributed by atoms with van der Waals surface area (Å²) in [7, 11) is 0. The van der Waals surface area contributed by atoms with Crippen LogP contribution >= 0.6 is 11.8 Å². The Balaban J connectivity index is 1.89. The van der Waals surface area contributed by atoms with Gasteiger partial charge in [0.25, 0.3) is 0 Å². The summed E-state index contributed by atoms with van der Waals surface area (Å²) in [4.78, 5) is 0. The van der Waals surface area contributed by atoms with Crippen molar-refractivity contribution >= 4 is 11.8 Å². The minimum atomic E-state index is -0.102. The summed E-state index contributed by atoms with van der Waals surface area (Å²) in [6.07, 6.45) is 5.26. The van der Waals surface area contributed by atoms with Crippen molar-refractivity contribution in [3.05, 3.63) is 35.1 Å². The highest BCUT2D eigenvalue weighted by Crippen LogP contribution is 2.33. The maximum atomic E-state index is 13.8. The van der Waals surface area contributed by atoms with Gasteiger partial charge in [0.1, 0.15) is 5.82 Å². The van der Waals surface area contributed by atoms with E-state index in [9.17, 15) is 4.39 Å². The van der Waals surface area contributed by atoms with Crippen LogP contribution in [0.5, 0.6) is 0 Å². The Bertz CT molecular complexity index is 394. The fourth-order valence-electron chi connectivity index (χ4n) is 2.57. The third-order valence-corrected chi connectivity index (χ3v) is 5.09. The van der Waals surface area contributed by atoms with Crippen LogP contribution in [0.25, 0.3) is 0 Å². The normalized spacial score (nSPS) is 24.2. The fraction of sp³-hybridized carbons (Fsp3) is 0.600. The van der Waals surface area contributed by atoms with Gasteiger partial charge >= 0.3 is 0 Å². The van der Waals surface area contributed by atoms with Crippen LogP contribution in [0.4, 0.5) is 4.39 Å². The smallest absolute Gasteiger partial charge is 0.127 e. The Morgan fingerprint density at radius 1 is 1.39 bits per heavy atom. The number of hydrogen-bond donors (Lipinski definition) is 1. The number of halogens is 1. The van der Waals surface area contributed by atoms with E-state index in [4.69, 9.17) is 5.73 Å². The summed E-state index contributed by atoms with van der Waals surface area (Å²) in [5.41, 5.74) is 7.19. The molecule has 1 aromatic rings. The van der Waals surface area contributed by atoms with Crippen molar-refractivity contribution in [3.8, 4) is 0 Å². The Kier molecular flexibility index (Phi) is 5.07. The van der Waals surface area contributed by atoms with Crippen molar-refractivity contribution in [1.82, 2.24) is 0 Å². The van der Waals surface area contributed by atoms with Crippen LogP contribution in [0.1, 0.15) is 43.7 Å². The molecule has 0 radical (unpaired) electrons. The fourth-order valence-corrected chi connectivity index (χ4v) is 4.02. The van der Waals surface area contributed by atoms with Gasteiger partial charge in [0.05, 0.1) is 0 Å². The SMILES string of the molecule is CC1CCCC(SCc2ccc(CN)cc2F)C1. The van der Waals surface area contributed by atoms with Gasteiger partial charge in [-0.25, -0.2) is 4.39 Å². The first-order chi connectivity index (χ1) is 8.69. The standard InChI is InChI=1S/C15H22FNS/c1-11-3-2-4-14(7-11)18-10-13-6-5-12(9-17)8-15(13)16/h5-6,8,11,14H,2-4,7,9-10,17H2,1H3. The molecule has 0 aliphatic heterocycles. The van der Waals surface area contributed by atoms with Crippen LogP contribution < -0.4 is 5.73 Å². The van der Waals surface area contributed by atoms with Crippen molar-refractivity contribution in [1.29, 1.82) is 0 Å². The summed E-state index contributed by atoms with van der Waals surface area (Å²) >= 11 is 1.91. The monoisotopic (exact) mass is 267 g/mol. The quantitative estimate of drug-likeness (QED) is 0.889. The molecule has 0 aromatic heterocycles. The van der Waals surface area contributed by atoms with Crippen molar-refractivity contribution in [3.63, 3.8) is 0 Å². The van der Waals surface area contributed by atoms with Crippen LogP contribution in [-0.4, -0.2) is 5.25 Å². The highest BCUT2D eigenvalue weighted by molar-refractivity contribution is 7.99. The lowest BCUT2D eigenvalue weighted by Gasteiger charge is -2.26. The molecule has 1 nitrogen and oxygen atoms in total. The summed E-state index contributed by atoms with van der Waals surface area (Å²) in [6.45, 7) is 2.73. The molecule has 2 N–H and O–H groups in total. The van der Waals surface area contributed by atoms with E-state index in [0.717, 1.165) is 22.8 Å². The molecule has 0 spiro atoms. The Morgan fingerprint density at radius 2 is 2.22 bits per heavy atom. The van der Waals surface area contributed by atoms with Crippen molar-refractivity contribution in [2.45, 2.75) is 50.2 Å². The lowest BCUT2D eigenvalue weighted by Crippen LogP contribution is -2.15. The molecule has 1 aromatic carbocycles. The van der Waals surface area contributed by atoms with E-state index in [0.29, 0.717) is 11.8 Å². The number of benzene rings is 1. The third-order valence-electron chi connectivity index (χ3n) is 3.72. The Labute approximate surface area is 113 Å². The minimum absolute atomic E-state index is 0.102. The van der Waals surface area contributed by atoms with Gasteiger partial charge in [-0.15, -0.1) is 0 Å². The van der Waals surface area contributed by atoms with Crippen molar-refractivity contribution in [2.75, 3.05) is 0 Å². The largest absolute Gasteiger partial charge is 0.326 e. The lowest BCUT2D eigenvalue weighted by atomic mass is 9.91. The molecule has 100 valence electrons. The zero-order chi connectivity index (χ0) is 13.0. The topological polar surface area (TPSA) is 26.0 Å². The number of thioether (sulfide) groups is 1. The molecule has 18 heavy (non-hydrogen) atoms. The predicted molar refractivity (Wildman–Crippen MR) is 77.0 cm³/mol. The molecule has 1 saturated carbocycles. The maximum Gasteiger partial charge on any atom is 0.127 e. The van der Waals surface area contributed by atoms with Gasteiger partial charge in [-0.05, 0) is 36.0 Å². The van der Waals surface area contributed by atoms with Crippen molar-refractivity contribution in [2.24, 2.45) is 11.7 Å². The second kappa shape index (κ2) is 6.58. The number of hydrogen-bond acceptors (Lipinski definition) is 2. The molecular formula is C15H22FNS. The molecule has 0 bridgehead atoms. The highest BCUT2D eigenvalue weighted by atomic mass is 32.2. The van der Waals surface area contributed by atoms with Gasteiger partial charge in [0.15, 0.2) is 0 Å². The molecular weight excluding hydrogens is 245 g/mol. The first-order valence-electron chi connectivity index (χ1n) is 6.78. The maximum absolute atomic E-state index is 13.8. The van der Waals surface area contributed by atoms with Crippen LogP contribution in [0.15, 0.2) is 18.2 Å². The van der Waals surface area contributed by atoms with Gasteiger partial charge in [-0.1, -0.05) is 31.9 Å². The summed E-state index contributed by atoms with van der Waals surface area (Å²) in [5, 5.41) is 0.710. The molecule has 1 fully saturated rings. The molecule has 0 heterocycles. The van der Waals surface area contributed by atoms with Crippen LogP contribution in [-0.2, 0) is 12.3 Å². The highest BCUT2D eigenvalue weighted by Gasteiger charge is 2.19. The first-order valence-corrected chi connectivity index (χ1v) is 7.83. The third kappa shape index (κ3) is 3.72. The molecule has 3 heteroatoms. The Morgan fingerprint density at radius 3 is 2.89 bits per heavy atom. The van der Waals surface area contributed by atoms with Crippen LogP contribution in [0, 0.1) is 11.7 Å². The molecule has 1 aliphatic carbocycles. The summed E-state index contributed by atoms with van der Waals surface area (Å²) in [6, 6.07) is 5.39. The number of rotatable bonds is 4. The molecule has 2 rings (SSSR count). The molecule has 0 saturated heterocycles. The molecule has 2 unspecified atom stereocenters. The van der Waals surface area contributed by atoms with E-state index >= 15 is 0 Å². The second-order valence-corrected chi connectivity index (χ2v) is 6.62. The van der Waals surface area contributed by atoms with Crippen LogP contribution in [0.3, 0.4) is 0 Å². The zero-order valence-electron chi connectivity index (χ0n) is 11.0. The van der Waals surface area contributed by atoms with E-state index < -0.39 is 0 Å². The van der Waals surface area contributed by atoms with E-state index in [-0.39, 0.29) is 5.82 Å². The molecule has 1 aliphatic rings. The van der Waals surface area contributed by atoms with E-state index in [1.54, 1.807) is 6.07 Å². The van der Waals surface area contributed by atoms with Gasteiger partial charge in [-0.2, -0.15) is 11.8 Å². The predicted octanol–water partition coefficient (Wildman–Crippen LogP) is 4.10. The second-order valence-electron chi connectivity index (χ2n) is 5.33. The molecule has 2 atom stereocenters. The van der Waals surface area contributed by atoms with Gasteiger partial charge in [-0.3, -0.25) is 0 Å². The zero-order valence-corrected chi connectivity index (χ0v) is 11.8.